The molecule has 0 atom stereocenters. The molecule has 0 bridgehead atoms. The highest BCUT2D eigenvalue weighted by Crippen LogP contribution is 2.06. The molecule has 4 nitrogen and oxygen atoms in total. The zero-order chi connectivity index (χ0) is 12.7. The van der Waals surface area contributed by atoms with Crippen LogP contribution >= 0.6 is 0 Å². The first-order chi connectivity index (χ1) is 8.15. The molecule has 0 fully saturated rings. The first-order valence-electron chi connectivity index (χ1n) is 5.12. The number of carboxylic acid groups (broad SMARTS) is 1. The van der Waals surface area contributed by atoms with Crippen LogP contribution in [0.5, 0.6) is 0 Å². The molecular formula is C13H12O4. The van der Waals surface area contributed by atoms with Crippen molar-refractivity contribution in [2.45, 2.75) is 13.3 Å². The van der Waals surface area contributed by atoms with Crippen molar-refractivity contribution in [2.75, 3.05) is 6.61 Å². The van der Waals surface area contributed by atoms with Gasteiger partial charge in [0, 0.05) is 5.56 Å². The number of ether oxygens (including phenoxy) is 1. The Kier molecular flexibility index (Phi) is 4.77. The zero-order valence-electron chi connectivity index (χ0n) is 9.40. The maximum Gasteiger partial charge on any atom is 0.336 e. The summed E-state index contributed by atoms with van der Waals surface area (Å²) in [5, 5.41) is 8.90. The number of aromatic carboxylic acids is 1. The molecule has 0 amide bonds. The molecule has 0 aromatic heterocycles. The number of carboxylic acids is 1. The summed E-state index contributed by atoms with van der Waals surface area (Å²) in [6.45, 7) is 2.03. The maximum atomic E-state index is 11.0. The molecule has 4 heteroatoms. The van der Waals surface area contributed by atoms with Crippen molar-refractivity contribution in [1.29, 1.82) is 0 Å². The minimum Gasteiger partial charge on any atom is -0.478 e. The van der Waals surface area contributed by atoms with Crippen LogP contribution in [0.15, 0.2) is 24.3 Å². The molecule has 1 rings (SSSR count). The highest BCUT2D eigenvalue weighted by Gasteiger charge is 2.06. The van der Waals surface area contributed by atoms with Crippen LogP contribution in [0, 0.1) is 11.8 Å². The Balaban J connectivity index is 2.78. The summed E-state index contributed by atoms with van der Waals surface area (Å²) < 4.78 is 4.70. The topological polar surface area (TPSA) is 63.6 Å². The third-order valence-electron chi connectivity index (χ3n) is 1.92. The standard InChI is InChI=1S/C13H12O4/c1-2-17-12(14)9-5-7-10-6-3-4-8-11(10)13(15)16/h3-4,6,8H,2,9H2,1H3,(H,15,16). The molecule has 0 spiro atoms. The lowest BCUT2D eigenvalue weighted by Gasteiger charge is -1.97. The number of hydrogen-bond donors (Lipinski definition) is 1. The average Bonchev–Trinajstić information content (AvgIpc) is 2.30. The molecule has 1 aromatic carbocycles. The van der Waals surface area contributed by atoms with Gasteiger partial charge in [-0.15, -0.1) is 0 Å². The predicted molar refractivity (Wildman–Crippen MR) is 61.5 cm³/mol. The summed E-state index contributed by atoms with van der Waals surface area (Å²) >= 11 is 0. The average molecular weight is 232 g/mol. The SMILES string of the molecule is CCOC(=O)CC#Cc1ccccc1C(=O)O. The van der Waals surface area contributed by atoms with E-state index in [1.54, 1.807) is 25.1 Å². The first kappa shape index (κ1) is 12.8. The predicted octanol–water partition coefficient (Wildman–Crippen LogP) is 1.69. The van der Waals surface area contributed by atoms with Gasteiger partial charge in [0.15, 0.2) is 0 Å². The van der Waals surface area contributed by atoms with Gasteiger partial charge in [-0.2, -0.15) is 0 Å². The molecule has 0 saturated carbocycles. The Morgan fingerprint density at radius 2 is 2.06 bits per heavy atom. The molecule has 1 N–H and O–H groups in total. The van der Waals surface area contributed by atoms with E-state index in [1.807, 2.05) is 0 Å². The Hall–Kier alpha value is -2.28. The lowest BCUT2D eigenvalue weighted by Crippen LogP contribution is -2.02. The van der Waals surface area contributed by atoms with Crippen molar-refractivity contribution in [3.8, 4) is 11.8 Å². The number of hydrogen-bond acceptors (Lipinski definition) is 3. The van der Waals surface area contributed by atoms with Crippen molar-refractivity contribution in [2.24, 2.45) is 0 Å². The molecule has 0 aliphatic rings. The van der Waals surface area contributed by atoms with Crippen LogP contribution in [0.25, 0.3) is 0 Å². The molecule has 0 unspecified atom stereocenters. The molecule has 0 saturated heterocycles. The molecule has 88 valence electrons. The fraction of sp³-hybridized carbons (Fsp3) is 0.231. The van der Waals surface area contributed by atoms with Gasteiger partial charge in [0.05, 0.1) is 12.2 Å². The van der Waals surface area contributed by atoms with Gasteiger partial charge in [-0.05, 0) is 19.1 Å². The molecular weight excluding hydrogens is 220 g/mol. The molecule has 0 radical (unpaired) electrons. The van der Waals surface area contributed by atoms with Crippen molar-refractivity contribution in [3.63, 3.8) is 0 Å². The van der Waals surface area contributed by atoms with Crippen LogP contribution < -0.4 is 0 Å². The van der Waals surface area contributed by atoms with Gasteiger partial charge in [0.1, 0.15) is 6.42 Å². The second kappa shape index (κ2) is 6.33. The normalized spacial score (nSPS) is 9.00. The van der Waals surface area contributed by atoms with Crippen LogP contribution in [-0.4, -0.2) is 23.7 Å². The monoisotopic (exact) mass is 232 g/mol. The minimum atomic E-state index is -1.04. The number of esters is 1. The Bertz CT molecular complexity index is 480. The second-order valence-electron chi connectivity index (χ2n) is 3.13. The van der Waals surface area contributed by atoms with Crippen molar-refractivity contribution < 1.29 is 19.4 Å². The van der Waals surface area contributed by atoms with E-state index >= 15 is 0 Å². The lowest BCUT2D eigenvalue weighted by atomic mass is 10.1. The van der Waals surface area contributed by atoms with E-state index in [0.717, 1.165) is 0 Å². The molecule has 17 heavy (non-hydrogen) atoms. The van der Waals surface area contributed by atoms with Gasteiger partial charge in [-0.25, -0.2) is 4.79 Å². The fourth-order valence-electron chi connectivity index (χ4n) is 1.20. The number of carbonyl (C=O) groups is 2. The number of carbonyl (C=O) groups excluding carboxylic acids is 1. The van der Waals surface area contributed by atoms with Crippen LogP contribution in [0.2, 0.25) is 0 Å². The van der Waals surface area contributed by atoms with E-state index in [4.69, 9.17) is 9.84 Å². The third kappa shape index (κ3) is 3.99. The zero-order valence-corrected chi connectivity index (χ0v) is 9.40. The molecule has 0 aliphatic heterocycles. The Morgan fingerprint density at radius 3 is 2.71 bits per heavy atom. The second-order valence-corrected chi connectivity index (χ2v) is 3.13. The van der Waals surface area contributed by atoms with Crippen LogP contribution in [-0.2, 0) is 9.53 Å². The Morgan fingerprint density at radius 1 is 1.35 bits per heavy atom. The lowest BCUT2D eigenvalue weighted by molar-refractivity contribution is -0.141. The van der Waals surface area contributed by atoms with E-state index in [9.17, 15) is 9.59 Å². The summed E-state index contributed by atoms with van der Waals surface area (Å²) in [6.07, 6.45) is -0.0399. The van der Waals surface area contributed by atoms with Gasteiger partial charge in [0.25, 0.3) is 0 Å². The van der Waals surface area contributed by atoms with Gasteiger partial charge >= 0.3 is 11.9 Å². The summed E-state index contributed by atoms with van der Waals surface area (Å²) in [5.74, 6) is 3.80. The molecule has 0 aliphatic carbocycles. The summed E-state index contributed by atoms with van der Waals surface area (Å²) in [5.41, 5.74) is 0.521. The fourth-order valence-corrected chi connectivity index (χ4v) is 1.20. The van der Waals surface area contributed by atoms with Crippen LogP contribution in [0.4, 0.5) is 0 Å². The Labute approximate surface area is 99.2 Å². The number of rotatable bonds is 3. The minimum absolute atomic E-state index is 0.0399. The molecule has 0 heterocycles. The van der Waals surface area contributed by atoms with E-state index < -0.39 is 11.9 Å². The maximum absolute atomic E-state index is 11.0. The third-order valence-corrected chi connectivity index (χ3v) is 1.92. The first-order valence-corrected chi connectivity index (χ1v) is 5.12. The smallest absolute Gasteiger partial charge is 0.336 e. The van der Waals surface area contributed by atoms with Crippen LogP contribution in [0.1, 0.15) is 29.3 Å². The summed E-state index contributed by atoms with van der Waals surface area (Å²) in [7, 11) is 0. The highest BCUT2D eigenvalue weighted by molar-refractivity contribution is 5.90. The van der Waals surface area contributed by atoms with E-state index in [2.05, 4.69) is 11.8 Å². The van der Waals surface area contributed by atoms with Crippen LogP contribution in [0.3, 0.4) is 0 Å². The van der Waals surface area contributed by atoms with E-state index in [0.29, 0.717) is 12.2 Å². The quantitative estimate of drug-likeness (QED) is 0.636. The van der Waals surface area contributed by atoms with Gasteiger partial charge in [-0.3, -0.25) is 4.79 Å². The van der Waals surface area contributed by atoms with Crippen molar-refractivity contribution in [3.05, 3.63) is 35.4 Å². The summed E-state index contributed by atoms with van der Waals surface area (Å²) in [6, 6.07) is 6.39. The van der Waals surface area contributed by atoms with Gasteiger partial charge in [-0.1, -0.05) is 24.0 Å². The van der Waals surface area contributed by atoms with E-state index in [1.165, 1.54) is 6.07 Å². The van der Waals surface area contributed by atoms with Crippen molar-refractivity contribution >= 4 is 11.9 Å². The van der Waals surface area contributed by atoms with E-state index in [-0.39, 0.29) is 12.0 Å². The highest BCUT2D eigenvalue weighted by atomic mass is 16.5. The molecule has 1 aromatic rings. The summed E-state index contributed by atoms with van der Waals surface area (Å²) in [4.78, 5) is 21.9. The number of benzene rings is 1. The van der Waals surface area contributed by atoms with Gasteiger partial charge < -0.3 is 9.84 Å². The largest absolute Gasteiger partial charge is 0.478 e. The van der Waals surface area contributed by atoms with Gasteiger partial charge in [0.2, 0.25) is 0 Å². The van der Waals surface area contributed by atoms with Crippen molar-refractivity contribution in [1.82, 2.24) is 0 Å².